The summed E-state index contributed by atoms with van der Waals surface area (Å²) in [4.78, 5) is 21.0. The van der Waals surface area contributed by atoms with E-state index in [1.807, 2.05) is 25.4 Å². The summed E-state index contributed by atoms with van der Waals surface area (Å²) in [6, 6.07) is 6.20. The van der Waals surface area contributed by atoms with Gasteiger partial charge in [0.2, 0.25) is 0 Å². The maximum Gasteiger partial charge on any atom is 0.290 e. The van der Waals surface area contributed by atoms with Gasteiger partial charge < -0.3 is 19.3 Å². The van der Waals surface area contributed by atoms with Gasteiger partial charge in [-0.1, -0.05) is 0 Å². The molecule has 7 nitrogen and oxygen atoms in total. The second kappa shape index (κ2) is 10.0. The van der Waals surface area contributed by atoms with Gasteiger partial charge in [0.1, 0.15) is 11.6 Å². The first-order valence-electron chi connectivity index (χ1n) is 8.77. The highest BCUT2D eigenvalue weighted by atomic mass is 32.1. The molecular weight excluding hydrogens is 376 g/mol. The molecule has 0 amide bonds. The van der Waals surface area contributed by atoms with Crippen LogP contribution in [0.4, 0.5) is 0 Å². The Bertz CT molecular complexity index is 918. The third-order valence-corrected chi connectivity index (χ3v) is 5.01. The number of hydrogen-bond acceptors (Lipinski definition) is 6. The van der Waals surface area contributed by atoms with Crippen molar-refractivity contribution in [3.63, 3.8) is 0 Å². The van der Waals surface area contributed by atoms with E-state index in [1.54, 1.807) is 18.4 Å². The maximum absolute atomic E-state index is 8.36. The number of carbonyl (C=O) groups is 1. The molecule has 1 N–H and O–H groups in total. The predicted octanol–water partition coefficient (Wildman–Crippen LogP) is 3.56. The van der Waals surface area contributed by atoms with Gasteiger partial charge in [0.05, 0.1) is 17.8 Å². The van der Waals surface area contributed by atoms with Gasteiger partial charge in [-0.05, 0) is 46.1 Å². The van der Waals surface area contributed by atoms with Gasteiger partial charge in [-0.25, -0.2) is 9.97 Å². The molecule has 0 saturated carbocycles. The van der Waals surface area contributed by atoms with E-state index in [2.05, 4.69) is 47.6 Å². The molecule has 0 spiro atoms. The van der Waals surface area contributed by atoms with Crippen molar-refractivity contribution in [1.29, 1.82) is 0 Å². The molecule has 1 aromatic carbocycles. The number of rotatable bonds is 6. The highest BCUT2D eigenvalue weighted by molar-refractivity contribution is 7.11. The van der Waals surface area contributed by atoms with Crippen molar-refractivity contribution >= 4 is 17.8 Å². The quantitative estimate of drug-likeness (QED) is 0.635. The summed E-state index contributed by atoms with van der Waals surface area (Å²) in [6.07, 6.45) is 3.88. The van der Waals surface area contributed by atoms with Crippen LogP contribution in [0.3, 0.4) is 0 Å². The lowest BCUT2D eigenvalue weighted by Gasteiger charge is -2.14. The number of hydrogen-bond donors (Lipinski definition) is 1. The first kappa shape index (κ1) is 21.6. The normalized spacial score (nSPS) is 10.5. The van der Waals surface area contributed by atoms with E-state index in [-0.39, 0.29) is 6.47 Å². The smallest absolute Gasteiger partial charge is 0.290 e. The summed E-state index contributed by atoms with van der Waals surface area (Å²) in [5, 5.41) is 7.95. The van der Waals surface area contributed by atoms with E-state index in [1.165, 1.54) is 4.88 Å². The fourth-order valence-electron chi connectivity index (χ4n) is 2.87. The summed E-state index contributed by atoms with van der Waals surface area (Å²) < 4.78 is 7.76. The van der Waals surface area contributed by atoms with Crippen LogP contribution in [0.1, 0.15) is 9.88 Å². The minimum atomic E-state index is -0.250. The van der Waals surface area contributed by atoms with Crippen LogP contribution in [-0.4, -0.2) is 58.8 Å². The van der Waals surface area contributed by atoms with Gasteiger partial charge in [0, 0.05) is 41.5 Å². The summed E-state index contributed by atoms with van der Waals surface area (Å²) in [7, 11) is 5.86. The number of methoxy groups -OCH3 is 1. The van der Waals surface area contributed by atoms with E-state index in [9.17, 15) is 0 Å². The Labute approximate surface area is 169 Å². The third kappa shape index (κ3) is 5.17. The first-order valence-corrected chi connectivity index (χ1v) is 9.59. The number of thiazole rings is 1. The van der Waals surface area contributed by atoms with Crippen molar-refractivity contribution in [3.05, 3.63) is 40.5 Å². The van der Waals surface area contributed by atoms with E-state index >= 15 is 0 Å². The summed E-state index contributed by atoms with van der Waals surface area (Å²) >= 11 is 1.71. The van der Waals surface area contributed by atoms with Crippen molar-refractivity contribution in [3.8, 4) is 28.4 Å². The average Bonchev–Trinajstić information content (AvgIpc) is 3.26. The van der Waals surface area contributed by atoms with Gasteiger partial charge in [-0.2, -0.15) is 0 Å². The molecule has 3 rings (SSSR count). The Kier molecular flexibility index (Phi) is 7.71. The van der Waals surface area contributed by atoms with Gasteiger partial charge in [-0.15, -0.1) is 11.3 Å². The van der Waals surface area contributed by atoms with Crippen molar-refractivity contribution in [1.82, 2.24) is 19.4 Å². The molecular formula is C20H26N4O3S. The minimum Gasteiger partial charge on any atom is -0.496 e. The van der Waals surface area contributed by atoms with Gasteiger partial charge in [0.25, 0.3) is 6.47 Å². The number of ether oxygens (including phenoxy) is 1. The molecule has 0 aliphatic carbocycles. The highest BCUT2D eigenvalue weighted by Crippen LogP contribution is 2.36. The Morgan fingerprint density at radius 3 is 2.61 bits per heavy atom. The second-order valence-electron chi connectivity index (χ2n) is 6.41. The topological polar surface area (TPSA) is 80.5 Å². The fraction of sp³-hybridized carbons (Fsp3) is 0.350. The second-order valence-corrected chi connectivity index (χ2v) is 7.81. The van der Waals surface area contributed by atoms with Crippen LogP contribution in [0, 0.1) is 13.8 Å². The third-order valence-electron chi connectivity index (χ3n) is 4.12. The molecule has 0 aliphatic rings. The fourth-order valence-corrected chi connectivity index (χ4v) is 3.70. The molecule has 0 atom stereocenters. The lowest BCUT2D eigenvalue weighted by Crippen LogP contribution is -2.18. The first-order chi connectivity index (χ1) is 13.4. The molecule has 2 aromatic heterocycles. The highest BCUT2D eigenvalue weighted by Gasteiger charge is 2.16. The largest absolute Gasteiger partial charge is 0.496 e. The van der Waals surface area contributed by atoms with Crippen LogP contribution in [0.2, 0.25) is 0 Å². The van der Waals surface area contributed by atoms with E-state index in [0.29, 0.717) is 0 Å². The average molecular weight is 403 g/mol. The number of imidazole rings is 1. The van der Waals surface area contributed by atoms with Gasteiger partial charge >= 0.3 is 0 Å². The SMILES string of the molecule is COc1ccc(-c2nccn2CCN(C)C)cc1-c1nc(C)sc1C.O=CO. The Balaban J connectivity index is 0.000000878. The molecule has 150 valence electrons. The molecule has 0 unspecified atom stereocenters. The number of carboxylic acid groups (broad SMARTS) is 1. The molecule has 0 bridgehead atoms. The minimum absolute atomic E-state index is 0.250. The van der Waals surface area contributed by atoms with Crippen LogP contribution in [0.5, 0.6) is 5.75 Å². The van der Waals surface area contributed by atoms with Crippen molar-refractivity contribution < 1.29 is 14.6 Å². The predicted molar refractivity (Wildman–Crippen MR) is 112 cm³/mol. The van der Waals surface area contributed by atoms with E-state index in [4.69, 9.17) is 19.6 Å². The standard InChI is InChI=1S/C19H24N4OS.CH2O2/c1-13-18(21-14(2)25-13)16-12-15(6-7-17(16)24-5)19-20-8-9-23(19)11-10-22(3)4;2-1-3/h6-9,12H,10-11H2,1-5H3;1H,(H,2,3). The summed E-state index contributed by atoms with van der Waals surface area (Å²) in [6.45, 7) is 5.75. The van der Waals surface area contributed by atoms with Crippen LogP contribution in [-0.2, 0) is 11.3 Å². The lowest BCUT2D eigenvalue weighted by molar-refractivity contribution is -0.122. The number of likely N-dealkylation sites (N-methyl/N-ethyl adjacent to an activating group) is 1. The molecule has 28 heavy (non-hydrogen) atoms. The summed E-state index contributed by atoms with van der Waals surface area (Å²) in [5.74, 6) is 1.80. The molecule has 0 aliphatic heterocycles. The Hall–Kier alpha value is -2.71. The zero-order valence-electron chi connectivity index (χ0n) is 16.8. The van der Waals surface area contributed by atoms with Crippen LogP contribution in [0.25, 0.3) is 22.6 Å². The lowest BCUT2D eigenvalue weighted by atomic mass is 10.1. The number of nitrogens with zero attached hydrogens (tertiary/aromatic N) is 4. The Morgan fingerprint density at radius 1 is 1.32 bits per heavy atom. The number of aryl methyl sites for hydroxylation is 2. The molecule has 8 heteroatoms. The van der Waals surface area contributed by atoms with E-state index < -0.39 is 0 Å². The zero-order valence-corrected chi connectivity index (χ0v) is 17.7. The zero-order chi connectivity index (χ0) is 20.7. The van der Waals surface area contributed by atoms with Crippen molar-refractivity contribution in [2.45, 2.75) is 20.4 Å². The maximum atomic E-state index is 8.36. The van der Waals surface area contributed by atoms with Crippen molar-refractivity contribution in [2.24, 2.45) is 0 Å². The summed E-state index contributed by atoms with van der Waals surface area (Å²) in [5.41, 5.74) is 3.08. The van der Waals surface area contributed by atoms with Gasteiger partial charge in [-0.3, -0.25) is 4.79 Å². The molecule has 0 saturated heterocycles. The molecule has 0 radical (unpaired) electrons. The van der Waals surface area contributed by atoms with Crippen molar-refractivity contribution in [2.75, 3.05) is 27.7 Å². The molecule has 2 heterocycles. The van der Waals surface area contributed by atoms with Crippen LogP contribution < -0.4 is 4.74 Å². The van der Waals surface area contributed by atoms with Crippen LogP contribution in [0.15, 0.2) is 30.6 Å². The Morgan fingerprint density at radius 2 is 2.04 bits per heavy atom. The monoisotopic (exact) mass is 402 g/mol. The van der Waals surface area contributed by atoms with Crippen LogP contribution >= 0.6 is 11.3 Å². The molecule has 0 fully saturated rings. The van der Waals surface area contributed by atoms with Gasteiger partial charge in [0.15, 0.2) is 0 Å². The number of aromatic nitrogens is 3. The van der Waals surface area contributed by atoms with E-state index in [0.717, 1.165) is 46.5 Å². The molecule has 3 aromatic rings. The number of benzene rings is 1.